The van der Waals surface area contributed by atoms with E-state index in [2.05, 4.69) is 17.9 Å². The van der Waals surface area contributed by atoms with Gasteiger partial charge < -0.3 is 0 Å². The van der Waals surface area contributed by atoms with Crippen LogP contribution in [0.3, 0.4) is 0 Å². The lowest BCUT2D eigenvalue weighted by atomic mass is 9.62. The van der Waals surface area contributed by atoms with Crippen LogP contribution in [0.15, 0.2) is 0 Å². The summed E-state index contributed by atoms with van der Waals surface area (Å²) in [6.07, 6.45) is 10.4. The second-order valence-corrected chi connectivity index (χ2v) is 7.14. The highest BCUT2D eigenvalue weighted by atomic mass is 15.2. The number of rotatable bonds is 2. The van der Waals surface area contributed by atoms with Gasteiger partial charge in [0.2, 0.25) is 0 Å². The number of hydrogen-bond acceptors (Lipinski definition) is 2. The highest BCUT2D eigenvalue weighted by Gasteiger charge is 2.49. The van der Waals surface area contributed by atoms with Crippen molar-refractivity contribution in [2.45, 2.75) is 64.3 Å². The molecule has 1 spiro atoms. The Balaban J connectivity index is 1.48. The molecule has 1 saturated heterocycles. The van der Waals surface area contributed by atoms with Gasteiger partial charge in [0.25, 0.3) is 0 Å². The highest BCUT2D eigenvalue weighted by Crippen LogP contribution is 2.51. The highest BCUT2D eigenvalue weighted by molar-refractivity contribution is 5.03. The van der Waals surface area contributed by atoms with Crippen LogP contribution in [0.5, 0.6) is 0 Å². The summed E-state index contributed by atoms with van der Waals surface area (Å²) in [6, 6.07) is 3.21. The normalized spacial score (nSPS) is 40.4. The largest absolute Gasteiger partial charge is 0.299 e. The molecular weight excluding hydrogens is 208 g/mol. The minimum atomic E-state index is 0.324. The summed E-state index contributed by atoms with van der Waals surface area (Å²) in [5.74, 6) is 0. The van der Waals surface area contributed by atoms with Gasteiger partial charge in [-0.3, -0.25) is 4.90 Å². The average Bonchev–Trinajstić information content (AvgIpc) is 2.17. The summed E-state index contributed by atoms with van der Waals surface area (Å²) in [4.78, 5) is 2.73. The second-order valence-electron chi connectivity index (χ2n) is 7.14. The molecule has 1 aliphatic heterocycles. The SMILES string of the molecule is C[C@]1(CC#N)CC[C@@H](N2CC3(CCC3)C2)CC1. The van der Waals surface area contributed by atoms with Gasteiger partial charge in [0, 0.05) is 25.6 Å². The fourth-order valence-corrected chi connectivity index (χ4v) is 4.10. The van der Waals surface area contributed by atoms with Gasteiger partial charge in [0.05, 0.1) is 6.07 Å². The van der Waals surface area contributed by atoms with E-state index >= 15 is 0 Å². The zero-order chi connectivity index (χ0) is 11.9. The van der Waals surface area contributed by atoms with Gasteiger partial charge in [-0.2, -0.15) is 5.26 Å². The van der Waals surface area contributed by atoms with E-state index < -0.39 is 0 Å². The van der Waals surface area contributed by atoms with E-state index in [1.165, 1.54) is 58.0 Å². The molecule has 0 amide bonds. The third kappa shape index (κ3) is 1.99. The van der Waals surface area contributed by atoms with Crippen LogP contribution in [-0.4, -0.2) is 24.0 Å². The molecule has 3 aliphatic rings. The first-order valence-corrected chi connectivity index (χ1v) is 7.26. The number of likely N-dealkylation sites (tertiary alicyclic amines) is 1. The van der Waals surface area contributed by atoms with Gasteiger partial charge >= 0.3 is 0 Å². The molecule has 0 atom stereocenters. The molecule has 0 unspecified atom stereocenters. The first-order valence-electron chi connectivity index (χ1n) is 7.26. The molecule has 2 nitrogen and oxygen atoms in total. The van der Waals surface area contributed by atoms with E-state index in [-0.39, 0.29) is 0 Å². The summed E-state index contributed by atoms with van der Waals surface area (Å²) in [6.45, 7) is 5.06. The van der Waals surface area contributed by atoms with Crippen LogP contribution in [0.25, 0.3) is 0 Å². The van der Waals surface area contributed by atoms with Crippen molar-refractivity contribution in [2.75, 3.05) is 13.1 Å². The maximum absolute atomic E-state index is 8.86. The third-order valence-corrected chi connectivity index (χ3v) is 5.68. The Bertz CT molecular complexity index is 321. The van der Waals surface area contributed by atoms with Gasteiger partial charge in [-0.1, -0.05) is 13.3 Å². The molecule has 3 fully saturated rings. The smallest absolute Gasteiger partial charge is 0.0627 e. The van der Waals surface area contributed by atoms with E-state index in [4.69, 9.17) is 5.26 Å². The molecule has 0 aromatic carbocycles. The van der Waals surface area contributed by atoms with Crippen LogP contribution in [-0.2, 0) is 0 Å². The Morgan fingerprint density at radius 3 is 2.29 bits per heavy atom. The Kier molecular flexibility index (Phi) is 2.70. The lowest BCUT2D eigenvalue weighted by molar-refractivity contribution is -0.0949. The Labute approximate surface area is 105 Å². The predicted octanol–water partition coefficient (Wildman–Crippen LogP) is 3.33. The van der Waals surface area contributed by atoms with Crippen LogP contribution in [0, 0.1) is 22.2 Å². The first kappa shape index (κ1) is 11.5. The zero-order valence-corrected chi connectivity index (χ0v) is 11.0. The molecule has 0 radical (unpaired) electrons. The average molecular weight is 232 g/mol. The molecule has 1 heterocycles. The quantitative estimate of drug-likeness (QED) is 0.730. The summed E-state index contributed by atoms with van der Waals surface area (Å²) < 4.78 is 0. The van der Waals surface area contributed by atoms with Crippen molar-refractivity contribution in [3.63, 3.8) is 0 Å². The summed E-state index contributed by atoms with van der Waals surface area (Å²) >= 11 is 0. The molecule has 0 aromatic heterocycles. The summed E-state index contributed by atoms with van der Waals surface area (Å²) in [5.41, 5.74) is 1.09. The molecule has 2 saturated carbocycles. The Morgan fingerprint density at radius 2 is 1.82 bits per heavy atom. The molecule has 2 heteroatoms. The van der Waals surface area contributed by atoms with E-state index in [1.54, 1.807) is 0 Å². The summed E-state index contributed by atoms with van der Waals surface area (Å²) in [7, 11) is 0. The number of hydrogen-bond donors (Lipinski definition) is 0. The molecule has 2 aliphatic carbocycles. The van der Waals surface area contributed by atoms with Gasteiger partial charge in [-0.25, -0.2) is 0 Å². The molecule has 0 N–H and O–H groups in total. The maximum Gasteiger partial charge on any atom is 0.0627 e. The van der Waals surface area contributed by atoms with E-state index in [0.29, 0.717) is 5.41 Å². The minimum Gasteiger partial charge on any atom is -0.299 e. The topological polar surface area (TPSA) is 27.0 Å². The molecule has 0 bridgehead atoms. The minimum absolute atomic E-state index is 0.324. The number of nitrogens with zero attached hydrogens (tertiary/aromatic N) is 2. The van der Waals surface area contributed by atoms with Crippen molar-refractivity contribution in [3.8, 4) is 6.07 Å². The number of nitriles is 1. The van der Waals surface area contributed by atoms with Crippen molar-refractivity contribution in [3.05, 3.63) is 0 Å². The predicted molar refractivity (Wildman–Crippen MR) is 68.5 cm³/mol. The van der Waals surface area contributed by atoms with Gasteiger partial charge in [-0.15, -0.1) is 0 Å². The van der Waals surface area contributed by atoms with Gasteiger partial charge in [0.15, 0.2) is 0 Å². The van der Waals surface area contributed by atoms with Crippen LogP contribution >= 0.6 is 0 Å². The lowest BCUT2D eigenvalue weighted by Gasteiger charge is -2.59. The van der Waals surface area contributed by atoms with Crippen molar-refractivity contribution in [2.24, 2.45) is 10.8 Å². The molecule has 0 aromatic rings. The van der Waals surface area contributed by atoms with Crippen LogP contribution in [0.2, 0.25) is 0 Å². The maximum atomic E-state index is 8.86. The fraction of sp³-hybridized carbons (Fsp3) is 0.933. The Morgan fingerprint density at radius 1 is 1.18 bits per heavy atom. The van der Waals surface area contributed by atoms with Gasteiger partial charge in [-0.05, 0) is 49.4 Å². The lowest BCUT2D eigenvalue weighted by Crippen LogP contribution is -2.63. The van der Waals surface area contributed by atoms with Crippen molar-refractivity contribution in [1.82, 2.24) is 4.90 Å². The van der Waals surface area contributed by atoms with Crippen LogP contribution < -0.4 is 0 Å². The first-order chi connectivity index (χ1) is 8.15. The molecule has 17 heavy (non-hydrogen) atoms. The van der Waals surface area contributed by atoms with Crippen LogP contribution in [0.4, 0.5) is 0 Å². The van der Waals surface area contributed by atoms with Gasteiger partial charge in [0.1, 0.15) is 0 Å². The van der Waals surface area contributed by atoms with Crippen LogP contribution in [0.1, 0.15) is 58.3 Å². The zero-order valence-electron chi connectivity index (χ0n) is 11.0. The van der Waals surface area contributed by atoms with Crippen molar-refractivity contribution < 1.29 is 0 Å². The monoisotopic (exact) mass is 232 g/mol. The Hall–Kier alpha value is -0.550. The molecule has 3 rings (SSSR count). The standard InChI is InChI=1S/C15H24N2/c1-14(9-10-16)7-3-13(4-8-14)17-11-15(12-17)5-2-6-15/h13H,2-9,11-12H2,1H3/t13-,14+. The van der Waals surface area contributed by atoms with E-state index in [9.17, 15) is 0 Å². The molecule has 94 valence electrons. The molecular formula is C15H24N2. The fourth-order valence-electron chi connectivity index (χ4n) is 4.10. The third-order valence-electron chi connectivity index (χ3n) is 5.68. The second kappa shape index (κ2) is 3.99. The van der Waals surface area contributed by atoms with Crippen molar-refractivity contribution >= 4 is 0 Å². The van der Waals surface area contributed by atoms with E-state index in [0.717, 1.165) is 17.9 Å². The van der Waals surface area contributed by atoms with E-state index in [1.807, 2.05) is 0 Å². The van der Waals surface area contributed by atoms with Crippen molar-refractivity contribution in [1.29, 1.82) is 5.26 Å². The summed E-state index contributed by atoms with van der Waals surface area (Å²) in [5, 5.41) is 8.86.